The van der Waals surface area contributed by atoms with Gasteiger partial charge < -0.3 is 4.90 Å². The van der Waals surface area contributed by atoms with Gasteiger partial charge in [-0.05, 0) is 11.5 Å². The molecule has 2 heterocycles. The molecule has 8 heteroatoms. The number of fused-ring (bicyclic) bond motifs is 2. The molecule has 2 N–H and O–H groups in total. The number of carbonyl (C=O) groups is 1. The van der Waals surface area contributed by atoms with E-state index in [2.05, 4.69) is 14.9 Å². The van der Waals surface area contributed by atoms with Crippen molar-refractivity contribution in [2.75, 3.05) is 4.72 Å². The molecule has 7 nitrogen and oxygen atoms in total. The molecule has 0 fully saturated rings. The Morgan fingerprint density at radius 2 is 1.92 bits per heavy atom. The van der Waals surface area contributed by atoms with Crippen LogP contribution in [0.25, 0.3) is 10.8 Å². The fourth-order valence-corrected chi connectivity index (χ4v) is 4.33. The van der Waals surface area contributed by atoms with Gasteiger partial charge in [-0.25, -0.2) is 8.42 Å². The van der Waals surface area contributed by atoms with E-state index in [1.54, 1.807) is 29.2 Å². The van der Waals surface area contributed by atoms with Crippen molar-refractivity contribution in [3.05, 3.63) is 53.7 Å². The van der Waals surface area contributed by atoms with E-state index < -0.39 is 10.0 Å². The Bertz CT molecular complexity index is 1080. The molecule has 25 heavy (non-hydrogen) atoms. The van der Waals surface area contributed by atoms with E-state index in [4.69, 9.17) is 0 Å². The number of anilines is 1. The average Bonchev–Trinajstić information content (AvgIpc) is 3.16. The molecule has 0 unspecified atom stereocenters. The van der Waals surface area contributed by atoms with Crippen LogP contribution in [0, 0.1) is 0 Å². The lowest BCUT2D eigenvalue weighted by atomic mass is 10.1. The number of nitrogens with zero attached hydrogens (tertiary/aromatic N) is 2. The Morgan fingerprint density at radius 3 is 2.72 bits per heavy atom. The maximum Gasteiger partial charge on any atom is 0.263 e. The summed E-state index contributed by atoms with van der Waals surface area (Å²) in [4.78, 5) is 13.4. The molecule has 0 radical (unpaired) electrons. The van der Waals surface area contributed by atoms with Crippen molar-refractivity contribution in [3.63, 3.8) is 0 Å². The average molecular weight is 356 g/mol. The number of nitrogens with one attached hydrogen (secondary N) is 2. The minimum Gasteiger partial charge on any atom is -0.333 e. The standard InChI is InChI=1S/C17H16N4O3S/c1-11(22)21-9-14-15(10-21)18-19-17(14)20-25(23,24)16-8-4-6-12-5-2-3-7-13(12)16/h2-8H,9-10H2,1H3,(H2,18,19,20). The van der Waals surface area contributed by atoms with Crippen LogP contribution in [-0.2, 0) is 27.9 Å². The molecule has 4 rings (SSSR count). The van der Waals surface area contributed by atoms with Gasteiger partial charge in [0.2, 0.25) is 5.91 Å². The van der Waals surface area contributed by atoms with Crippen molar-refractivity contribution in [3.8, 4) is 0 Å². The van der Waals surface area contributed by atoms with Crippen molar-refractivity contribution in [1.29, 1.82) is 0 Å². The molecule has 128 valence electrons. The van der Waals surface area contributed by atoms with Gasteiger partial charge in [0.25, 0.3) is 10.0 Å². The monoisotopic (exact) mass is 356 g/mol. The third-order valence-electron chi connectivity index (χ3n) is 4.37. The van der Waals surface area contributed by atoms with E-state index in [1.165, 1.54) is 6.92 Å². The van der Waals surface area contributed by atoms with Crippen LogP contribution in [0.3, 0.4) is 0 Å². The number of amides is 1. The Balaban J connectivity index is 1.71. The van der Waals surface area contributed by atoms with Gasteiger partial charge in [0.15, 0.2) is 5.82 Å². The lowest BCUT2D eigenvalue weighted by Gasteiger charge is -2.13. The minimum atomic E-state index is -3.81. The number of hydrogen-bond acceptors (Lipinski definition) is 4. The molecule has 1 amide bonds. The SMILES string of the molecule is CC(=O)N1Cc2[nH]nc(NS(=O)(=O)c3cccc4ccccc34)c2C1. The van der Waals surface area contributed by atoms with Crippen LogP contribution in [0.2, 0.25) is 0 Å². The summed E-state index contributed by atoms with van der Waals surface area (Å²) >= 11 is 0. The van der Waals surface area contributed by atoms with Gasteiger partial charge in [0.1, 0.15) is 0 Å². The first kappa shape index (κ1) is 15.6. The van der Waals surface area contributed by atoms with E-state index in [9.17, 15) is 13.2 Å². The van der Waals surface area contributed by atoms with Crippen LogP contribution in [0.15, 0.2) is 47.4 Å². The highest BCUT2D eigenvalue weighted by Crippen LogP contribution is 2.30. The Kier molecular flexibility index (Phi) is 3.50. The third kappa shape index (κ3) is 2.64. The van der Waals surface area contributed by atoms with E-state index in [0.717, 1.165) is 11.1 Å². The summed E-state index contributed by atoms with van der Waals surface area (Å²) in [7, 11) is -3.81. The fourth-order valence-electron chi connectivity index (χ4n) is 3.06. The molecule has 0 spiro atoms. The van der Waals surface area contributed by atoms with Crippen LogP contribution in [-0.4, -0.2) is 29.4 Å². The Hall–Kier alpha value is -2.87. The topological polar surface area (TPSA) is 95.2 Å². The number of aromatic nitrogens is 2. The number of sulfonamides is 1. The minimum absolute atomic E-state index is 0.0625. The van der Waals surface area contributed by atoms with Gasteiger partial charge in [0, 0.05) is 17.9 Å². The molecule has 3 aromatic rings. The van der Waals surface area contributed by atoms with E-state index in [-0.39, 0.29) is 16.6 Å². The zero-order chi connectivity index (χ0) is 17.6. The van der Waals surface area contributed by atoms with E-state index in [0.29, 0.717) is 24.0 Å². The Morgan fingerprint density at radius 1 is 1.16 bits per heavy atom. The highest BCUT2D eigenvalue weighted by molar-refractivity contribution is 7.93. The van der Waals surface area contributed by atoms with Gasteiger partial charge in [-0.1, -0.05) is 36.4 Å². The molecule has 1 aliphatic heterocycles. The van der Waals surface area contributed by atoms with Gasteiger partial charge in [-0.3, -0.25) is 14.6 Å². The Labute approximate surface area is 144 Å². The molecule has 0 bridgehead atoms. The van der Waals surface area contributed by atoms with Crippen LogP contribution in [0.5, 0.6) is 0 Å². The first-order chi connectivity index (χ1) is 12.0. The first-order valence-corrected chi connectivity index (χ1v) is 9.26. The summed E-state index contributed by atoms with van der Waals surface area (Å²) in [5.41, 5.74) is 1.46. The number of rotatable bonds is 3. The first-order valence-electron chi connectivity index (χ1n) is 7.78. The van der Waals surface area contributed by atoms with Crippen molar-refractivity contribution < 1.29 is 13.2 Å². The largest absolute Gasteiger partial charge is 0.333 e. The number of hydrogen-bond donors (Lipinski definition) is 2. The molecular formula is C17H16N4O3S. The summed E-state index contributed by atoms with van der Waals surface area (Å²) < 4.78 is 28.3. The molecular weight excluding hydrogens is 340 g/mol. The number of aromatic amines is 1. The molecule has 0 saturated heterocycles. The molecule has 0 saturated carbocycles. The number of H-pyrrole nitrogens is 1. The predicted octanol–water partition coefficient (Wildman–Crippen LogP) is 2.23. The lowest BCUT2D eigenvalue weighted by Crippen LogP contribution is -2.23. The molecule has 2 aromatic carbocycles. The van der Waals surface area contributed by atoms with Crippen molar-refractivity contribution in [2.24, 2.45) is 0 Å². The normalized spacial score (nSPS) is 13.9. The van der Waals surface area contributed by atoms with Crippen LogP contribution >= 0.6 is 0 Å². The maximum absolute atomic E-state index is 12.9. The van der Waals surface area contributed by atoms with Gasteiger partial charge in [-0.2, -0.15) is 5.10 Å². The second kappa shape index (κ2) is 5.59. The summed E-state index contributed by atoms with van der Waals surface area (Å²) in [5.74, 6) is 0.180. The van der Waals surface area contributed by atoms with E-state index >= 15 is 0 Å². The van der Waals surface area contributed by atoms with Gasteiger partial charge in [0.05, 0.1) is 23.7 Å². The number of benzene rings is 2. The summed E-state index contributed by atoms with van der Waals surface area (Å²) in [5, 5.41) is 8.38. The van der Waals surface area contributed by atoms with Gasteiger partial charge >= 0.3 is 0 Å². The zero-order valence-corrected chi connectivity index (χ0v) is 14.3. The smallest absolute Gasteiger partial charge is 0.263 e. The lowest BCUT2D eigenvalue weighted by molar-refractivity contribution is -0.129. The van der Waals surface area contributed by atoms with Crippen molar-refractivity contribution >= 4 is 32.5 Å². The second-order valence-corrected chi connectivity index (χ2v) is 7.64. The molecule has 1 aliphatic rings. The maximum atomic E-state index is 12.9. The van der Waals surface area contributed by atoms with Crippen LogP contribution < -0.4 is 4.72 Å². The fraction of sp³-hybridized carbons (Fsp3) is 0.176. The molecule has 0 aliphatic carbocycles. The zero-order valence-electron chi connectivity index (χ0n) is 13.5. The summed E-state index contributed by atoms with van der Waals surface area (Å²) in [6.07, 6.45) is 0. The van der Waals surface area contributed by atoms with E-state index in [1.807, 2.05) is 18.2 Å². The molecule has 1 aromatic heterocycles. The highest BCUT2D eigenvalue weighted by Gasteiger charge is 2.29. The van der Waals surface area contributed by atoms with Gasteiger partial charge in [-0.15, -0.1) is 0 Å². The predicted molar refractivity (Wildman–Crippen MR) is 93.3 cm³/mol. The summed E-state index contributed by atoms with van der Waals surface area (Å²) in [6, 6.07) is 12.5. The van der Waals surface area contributed by atoms with Crippen molar-refractivity contribution in [2.45, 2.75) is 24.9 Å². The quantitative estimate of drug-likeness (QED) is 0.752. The second-order valence-electron chi connectivity index (χ2n) is 5.99. The summed E-state index contributed by atoms with van der Waals surface area (Å²) in [6.45, 7) is 2.24. The van der Waals surface area contributed by atoms with Crippen molar-refractivity contribution in [1.82, 2.24) is 15.1 Å². The van der Waals surface area contributed by atoms with Crippen LogP contribution in [0.1, 0.15) is 18.2 Å². The third-order valence-corrected chi connectivity index (χ3v) is 5.76. The number of carbonyl (C=O) groups excluding carboxylic acids is 1. The highest BCUT2D eigenvalue weighted by atomic mass is 32.2. The van der Waals surface area contributed by atoms with Crippen LogP contribution in [0.4, 0.5) is 5.82 Å². The molecule has 0 atom stereocenters.